The van der Waals surface area contributed by atoms with E-state index in [9.17, 15) is 0 Å². The molecule has 2 rings (SSSR count). The SMILES string of the molecule is CCc1c(NN)ncnc1Sc1cnccn1. The first kappa shape index (κ1) is 11.7. The molecule has 0 bridgehead atoms. The molecule has 0 fully saturated rings. The fourth-order valence-corrected chi connectivity index (χ4v) is 2.25. The molecular weight excluding hydrogens is 236 g/mol. The molecule has 0 saturated carbocycles. The number of rotatable bonds is 4. The Bertz CT molecular complexity index is 489. The molecule has 2 aromatic heterocycles. The van der Waals surface area contributed by atoms with Gasteiger partial charge in [-0.15, -0.1) is 0 Å². The molecule has 0 radical (unpaired) electrons. The summed E-state index contributed by atoms with van der Waals surface area (Å²) in [5, 5.41) is 1.64. The zero-order valence-corrected chi connectivity index (χ0v) is 10.1. The molecular formula is C10H12N6S. The zero-order valence-electron chi connectivity index (χ0n) is 9.29. The van der Waals surface area contributed by atoms with Crippen molar-refractivity contribution < 1.29 is 0 Å². The summed E-state index contributed by atoms with van der Waals surface area (Å²) in [7, 11) is 0. The smallest absolute Gasteiger partial charge is 0.147 e. The van der Waals surface area contributed by atoms with Crippen LogP contribution in [0, 0.1) is 0 Å². The number of anilines is 1. The van der Waals surface area contributed by atoms with Gasteiger partial charge in [0.25, 0.3) is 0 Å². The topological polar surface area (TPSA) is 89.6 Å². The summed E-state index contributed by atoms with van der Waals surface area (Å²) in [6.45, 7) is 2.03. The first-order valence-corrected chi connectivity index (χ1v) is 5.91. The van der Waals surface area contributed by atoms with Crippen LogP contribution in [0.15, 0.2) is 35.0 Å². The molecule has 0 saturated heterocycles. The van der Waals surface area contributed by atoms with Gasteiger partial charge in [0.2, 0.25) is 0 Å². The molecule has 3 N–H and O–H groups in total. The summed E-state index contributed by atoms with van der Waals surface area (Å²) in [4.78, 5) is 16.5. The van der Waals surface area contributed by atoms with Gasteiger partial charge in [0, 0.05) is 18.0 Å². The van der Waals surface area contributed by atoms with Crippen molar-refractivity contribution in [3.8, 4) is 0 Å². The lowest BCUT2D eigenvalue weighted by molar-refractivity contribution is 0.935. The Morgan fingerprint density at radius 2 is 2.18 bits per heavy atom. The van der Waals surface area contributed by atoms with Crippen LogP contribution < -0.4 is 11.3 Å². The van der Waals surface area contributed by atoms with E-state index in [2.05, 4.69) is 25.4 Å². The van der Waals surface area contributed by atoms with Crippen molar-refractivity contribution in [1.29, 1.82) is 0 Å². The van der Waals surface area contributed by atoms with Crippen LogP contribution in [0.4, 0.5) is 5.82 Å². The van der Waals surface area contributed by atoms with E-state index in [1.54, 1.807) is 18.6 Å². The number of aromatic nitrogens is 4. The Balaban J connectivity index is 2.33. The van der Waals surface area contributed by atoms with Gasteiger partial charge in [-0.3, -0.25) is 4.98 Å². The lowest BCUT2D eigenvalue weighted by Gasteiger charge is -2.09. The van der Waals surface area contributed by atoms with Gasteiger partial charge in [0.15, 0.2) is 0 Å². The molecule has 0 spiro atoms. The van der Waals surface area contributed by atoms with Gasteiger partial charge in [-0.25, -0.2) is 20.8 Å². The van der Waals surface area contributed by atoms with E-state index in [4.69, 9.17) is 5.84 Å². The van der Waals surface area contributed by atoms with Crippen LogP contribution in [0.25, 0.3) is 0 Å². The normalized spacial score (nSPS) is 10.2. The van der Waals surface area contributed by atoms with E-state index in [-0.39, 0.29) is 0 Å². The molecule has 17 heavy (non-hydrogen) atoms. The average molecular weight is 248 g/mol. The number of nitrogens with one attached hydrogen (secondary N) is 1. The maximum atomic E-state index is 5.41. The van der Waals surface area contributed by atoms with Crippen LogP contribution in [0.2, 0.25) is 0 Å². The maximum absolute atomic E-state index is 5.41. The van der Waals surface area contributed by atoms with Gasteiger partial charge >= 0.3 is 0 Å². The Labute approximate surface area is 103 Å². The molecule has 0 atom stereocenters. The minimum Gasteiger partial charge on any atom is -0.308 e. The van der Waals surface area contributed by atoms with Crippen LogP contribution in [0.3, 0.4) is 0 Å². The van der Waals surface area contributed by atoms with E-state index in [0.717, 1.165) is 22.0 Å². The minimum atomic E-state index is 0.647. The van der Waals surface area contributed by atoms with E-state index < -0.39 is 0 Å². The summed E-state index contributed by atoms with van der Waals surface area (Å²) >= 11 is 1.45. The largest absolute Gasteiger partial charge is 0.308 e. The molecule has 88 valence electrons. The lowest BCUT2D eigenvalue weighted by Crippen LogP contribution is -2.12. The predicted molar refractivity (Wildman–Crippen MR) is 65.4 cm³/mol. The summed E-state index contributed by atoms with van der Waals surface area (Å²) in [5.74, 6) is 6.06. The van der Waals surface area contributed by atoms with Crippen molar-refractivity contribution in [3.05, 3.63) is 30.5 Å². The van der Waals surface area contributed by atoms with Crippen molar-refractivity contribution in [1.82, 2.24) is 19.9 Å². The van der Waals surface area contributed by atoms with Crippen molar-refractivity contribution in [2.24, 2.45) is 5.84 Å². The molecule has 7 heteroatoms. The summed E-state index contributed by atoms with van der Waals surface area (Å²) < 4.78 is 0. The number of hydrazine groups is 1. The molecule has 0 aromatic carbocycles. The van der Waals surface area contributed by atoms with Gasteiger partial charge < -0.3 is 5.43 Å². The highest BCUT2D eigenvalue weighted by atomic mass is 32.2. The number of nitrogen functional groups attached to an aromatic ring is 1. The van der Waals surface area contributed by atoms with Crippen molar-refractivity contribution in [2.45, 2.75) is 23.4 Å². The number of nitrogens with zero attached hydrogens (tertiary/aromatic N) is 4. The van der Waals surface area contributed by atoms with Crippen molar-refractivity contribution in [3.63, 3.8) is 0 Å². The Kier molecular flexibility index (Phi) is 3.84. The fourth-order valence-electron chi connectivity index (χ4n) is 1.36. The van der Waals surface area contributed by atoms with E-state index in [1.807, 2.05) is 6.92 Å². The Hall–Kier alpha value is -1.73. The van der Waals surface area contributed by atoms with Crippen LogP contribution >= 0.6 is 11.8 Å². The predicted octanol–water partition coefficient (Wildman–Crippen LogP) is 1.27. The molecule has 2 aromatic rings. The molecule has 0 aliphatic carbocycles. The third-order valence-electron chi connectivity index (χ3n) is 2.14. The Morgan fingerprint density at radius 3 is 2.82 bits per heavy atom. The highest BCUT2D eigenvalue weighted by Gasteiger charge is 2.10. The highest BCUT2D eigenvalue weighted by Crippen LogP contribution is 2.29. The van der Waals surface area contributed by atoms with Gasteiger partial charge in [0.1, 0.15) is 22.2 Å². The Morgan fingerprint density at radius 1 is 1.29 bits per heavy atom. The molecule has 0 aliphatic heterocycles. The maximum Gasteiger partial charge on any atom is 0.147 e. The van der Waals surface area contributed by atoms with Gasteiger partial charge in [-0.1, -0.05) is 6.92 Å². The third-order valence-corrected chi connectivity index (χ3v) is 3.10. The van der Waals surface area contributed by atoms with Gasteiger partial charge in [0.05, 0.1) is 6.20 Å². The lowest BCUT2D eigenvalue weighted by atomic mass is 10.2. The van der Waals surface area contributed by atoms with Crippen molar-refractivity contribution in [2.75, 3.05) is 5.43 Å². The average Bonchev–Trinajstić information content (AvgIpc) is 2.39. The van der Waals surface area contributed by atoms with E-state index >= 15 is 0 Å². The van der Waals surface area contributed by atoms with Gasteiger partial charge in [-0.05, 0) is 18.2 Å². The number of hydrogen-bond donors (Lipinski definition) is 2. The van der Waals surface area contributed by atoms with Crippen molar-refractivity contribution >= 4 is 17.6 Å². The first-order valence-electron chi connectivity index (χ1n) is 5.09. The number of nitrogens with two attached hydrogens (primary N) is 1. The van der Waals surface area contributed by atoms with E-state index in [1.165, 1.54) is 18.1 Å². The summed E-state index contributed by atoms with van der Waals surface area (Å²) in [5.41, 5.74) is 3.55. The second-order valence-corrected chi connectivity index (χ2v) is 4.16. The summed E-state index contributed by atoms with van der Waals surface area (Å²) in [6.07, 6.45) is 7.26. The second-order valence-electron chi connectivity index (χ2n) is 3.15. The highest BCUT2D eigenvalue weighted by molar-refractivity contribution is 7.99. The van der Waals surface area contributed by atoms with Crippen LogP contribution in [-0.4, -0.2) is 19.9 Å². The fraction of sp³-hybridized carbons (Fsp3) is 0.200. The quantitative estimate of drug-likeness (QED) is 0.478. The second kappa shape index (κ2) is 5.55. The molecule has 0 aliphatic rings. The van der Waals surface area contributed by atoms with Crippen LogP contribution in [-0.2, 0) is 6.42 Å². The monoisotopic (exact) mass is 248 g/mol. The van der Waals surface area contributed by atoms with Gasteiger partial charge in [-0.2, -0.15) is 0 Å². The van der Waals surface area contributed by atoms with Crippen LogP contribution in [0.5, 0.6) is 0 Å². The minimum absolute atomic E-state index is 0.647. The standard InChI is InChI=1S/C10H12N6S/c1-2-7-9(16-11)14-6-15-10(7)17-8-5-12-3-4-13-8/h3-6H,2,11H2,1H3,(H,14,15,16). The molecule has 6 nitrogen and oxygen atoms in total. The molecule has 0 unspecified atom stereocenters. The third kappa shape index (κ3) is 2.69. The van der Waals surface area contributed by atoms with E-state index in [0.29, 0.717) is 5.82 Å². The number of hydrogen-bond acceptors (Lipinski definition) is 7. The summed E-state index contributed by atoms with van der Waals surface area (Å²) in [6, 6.07) is 0. The first-order chi connectivity index (χ1) is 8.35. The molecule has 0 amide bonds. The van der Waals surface area contributed by atoms with Crippen LogP contribution in [0.1, 0.15) is 12.5 Å². The molecule has 2 heterocycles. The zero-order chi connectivity index (χ0) is 12.1.